The monoisotopic (exact) mass is 218 g/mol. The summed E-state index contributed by atoms with van der Waals surface area (Å²) in [5.41, 5.74) is -1.56. The molecule has 1 atom stereocenters. The highest BCUT2D eigenvalue weighted by Crippen LogP contribution is 2.14. The van der Waals surface area contributed by atoms with E-state index in [9.17, 15) is 9.90 Å². The highest BCUT2D eigenvalue weighted by Gasteiger charge is 2.33. The highest BCUT2D eigenvalue weighted by molar-refractivity contribution is 5.78. The van der Waals surface area contributed by atoms with Gasteiger partial charge in [-0.3, -0.25) is 0 Å². The Morgan fingerprint density at radius 2 is 2.13 bits per heavy atom. The first-order valence-electron chi connectivity index (χ1n) is 5.06. The van der Waals surface area contributed by atoms with Crippen LogP contribution in [0.15, 0.2) is 0 Å². The molecular weight excluding hydrogens is 200 g/mol. The second-order valence-corrected chi connectivity index (χ2v) is 3.89. The standard InChI is InChI=1S/C10H18O5/c1-10(12,9(11)13-2)7-15-8-3-5-14-6-4-8/h8,12H,3-7H2,1-2H3. The third kappa shape index (κ3) is 3.77. The summed E-state index contributed by atoms with van der Waals surface area (Å²) >= 11 is 0. The summed E-state index contributed by atoms with van der Waals surface area (Å²) in [4.78, 5) is 11.1. The maximum Gasteiger partial charge on any atom is 0.339 e. The van der Waals surface area contributed by atoms with Crippen LogP contribution in [0.25, 0.3) is 0 Å². The van der Waals surface area contributed by atoms with E-state index in [1.54, 1.807) is 0 Å². The van der Waals surface area contributed by atoms with Crippen LogP contribution in [0.5, 0.6) is 0 Å². The van der Waals surface area contributed by atoms with Crippen LogP contribution in [0, 0.1) is 0 Å². The van der Waals surface area contributed by atoms with Gasteiger partial charge in [-0.25, -0.2) is 4.79 Å². The molecule has 1 saturated heterocycles. The molecule has 0 amide bonds. The fourth-order valence-electron chi connectivity index (χ4n) is 1.40. The van der Waals surface area contributed by atoms with Crippen LogP contribution in [0.2, 0.25) is 0 Å². The summed E-state index contributed by atoms with van der Waals surface area (Å²) < 4.78 is 15.1. The van der Waals surface area contributed by atoms with Gasteiger partial charge in [-0.2, -0.15) is 0 Å². The number of carbonyl (C=O) groups is 1. The quantitative estimate of drug-likeness (QED) is 0.678. The Hall–Kier alpha value is -0.650. The molecule has 88 valence electrons. The summed E-state index contributed by atoms with van der Waals surface area (Å²) in [5, 5.41) is 9.68. The van der Waals surface area contributed by atoms with E-state index in [0.717, 1.165) is 12.8 Å². The molecule has 0 bridgehead atoms. The Bertz CT molecular complexity index is 208. The Balaban J connectivity index is 2.31. The average molecular weight is 218 g/mol. The van der Waals surface area contributed by atoms with E-state index < -0.39 is 11.6 Å². The zero-order chi connectivity index (χ0) is 11.3. The fourth-order valence-corrected chi connectivity index (χ4v) is 1.40. The van der Waals surface area contributed by atoms with Crippen molar-refractivity contribution in [1.82, 2.24) is 0 Å². The molecular formula is C10H18O5. The fraction of sp³-hybridized carbons (Fsp3) is 0.900. The van der Waals surface area contributed by atoms with Crippen molar-refractivity contribution >= 4 is 5.97 Å². The van der Waals surface area contributed by atoms with Crippen LogP contribution in [-0.4, -0.2) is 49.7 Å². The lowest BCUT2D eigenvalue weighted by molar-refractivity contribution is -0.170. The molecule has 0 radical (unpaired) electrons. The molecule has 0 spiro atoms. The first-order chi connectivity index (χ1) is 7.06. The minimum absolute atomic E-state index is 0.0374. The van der Waals surface area contributed by atoms with Crippen molar-refractivity contribution in [2.24, 2.45) is 0 Å². The predicted octanol–water partition coefficient (Wildman–Crippen LogP) is 0.106. The van der Waals surface area contributed by atoms with E-state index in [1.807, 2.05) is 0 Å². The largest absolute Gasteiger partial charge is 0.467 e. The molecule has 5 nitrogen and oxygen atoms in total. The van der Waals surface area contributed by atoms with Gasteiger partial charge in [0.25, 0.3) is 0 Å². The van der Waals surface area contributed by atoms with Crippen molar-refractivity contribution in [3.8, 4) is 0 Å². The molecule has 0 aromatic heterocycles. The Kier molecular flexibility index (Phi) is 4.50. The van der Waals surface area contributed by atoms with Crippen molar-refractivity contribution in [2.75, 3.05) is 26.9 Å². The molecule has 15 heavy (non-hydrogen) atoms. The van der Waals surface area contributed by atoms with Crippen LogP contribution in [0.4, 0.5) is 0 Å². The molecule has 0 aromatic carbocycles. The lowest BCUT2D eigenvalue weighted by atomic mass is 10.1. The Labute approximate surface area is 89.3 Å². The second kappa shape index (κ2) is 5.44. The first kappa shape index (κ1) is 12.4. The molecule has 1 aliphatic heterocycles. The third-order valence-electron chi connectivity index (χ3n) is 2.39. The van der Waals surface area contributed by atoms with Gasteiger partial charge in [0.15, 0.2) is 5.60 Å². The van der Waals surface area contributed by atoms with Crippen LogP contribution < -0.4 is 0 Å². The molecule has 0 aliphatic carbocycles. The number of esters is 1. The van der Waals surface area contributed by atoms with Gasteiger partial charge in [-0.15, -0.1) is 0 Å². The summed E-state index contributed by atoms with van der Waals surface area (Å²) in [5.74, 6) is -0.672. The summed E-state index contributed by atoms with van der Waals surface area (Å²) in [6.45, 7) is 2.69. The predicted molar refractivity (Wildman–Crippen MR) is 52.4 cm³/mol. The van der Waals surface area contributed by atoms with E-state index in [-0.39, 0.29) is 12.7 Å². The lowest BCUT2D eigenvalue weighted by Gasteiger charge is -2.26. The van der Waals surface area contributed by atoms with Gasteiger partial charge in [0.1, 0.15) is 0 Å². The zero-order valence-corrected chi connectivity index (χ0v) is 9.19. The number of hydrogen-bond donors (Lipinski definition) is 1. The van der Waals surface area contributed by atoms with Crippen molar-refractivity contribution in [1.29, 1.82) is 0 Å². The van der Waals surface area contributed by atoms with Crippen LogP contribution in [0.1, 0.15) is 19.8 Å². The maximum absolute atomic E-state index is 11.1. The number of aliphatic hydroxyl groups is 1. The van der Waals surface area contributed by atoms with Gasteiger partial charge < -0.3 is 19.3 Å². The van der Waals surface area contributed by atoms with Gasteiger partial charge in [0.05, 0.1) is 19.8 Å². The minimum Gasteiger partial charge on any atom is -0.467 e. The Morgan fingerprint density at radius 3 is 2.67 bits per heavy atom. The minimum atomic E-state index is -1.56. The second-order valence-electron chi connectivity index (χ2n) is 3.89. The zero-order valence-electron chi connectivity index (χ0n) is 9.19. The number of rotatable bonds is 4. The van der Waals surface area contributed by atoms with Crippen molar-refractivity contribution < 1.29 is 24.1 Å². The molecule has 1 aliphatic rings. The van der Waals surface area contributed by atoms with Gasteiger partial charge in [-0.1, -0.05) is 0 Å². The molecule has 5 heteroatoms. The molecule has 0 saturated carbocycles. The smallest absolute Gasteiger partial charge is 0.339 e. The van der Waals surface area contributed by atoms with E-state index in [2.05, 4.69) is 4.74 Å². The summed E-state index contributed by atoms with van der Waals surface area (Å²) in [7, 11) is 1.24. The van der Waals surface area contributed by atoms with Gasteiger partial charge in [-0.05, 0) is 19.8 Å². The van der Waals surface area contributed by atoms with Crippen LogP contribution in [-0.2, 0) is 19.0 Å². The number of carbonyl (C=O) groups excluding carboxylic acids is 1. The molecule has 1 fully saturated rings. The number of ether oxygens (including phenoxy) is 3. The van der Waals surface area contributed by atoms with Gasteiger partial charge in [0.2, 0.25) is 0 Å². The van der Waals surface area contributed by atoms with Crippen LogP contribution in [0.3, 0.4) is 0 Å². The van der Waals surface area contributed by atoms with E-state index >= 15 is 0 Å². The summed E-state index contributed by atoms with van der Waals surface area (Å²) in [6, 6.07) is 0. The molecule has 1 heterocycles. The maximum atomic E-state index is 11.1. The van der Waals surface area contributed by atoms with Gasteiger partial charge in [0, 0.05) is 13.2 Å². The van der Waals surface area contributed by atoms with Crippen molar-refractivity contribution in [2.45, 2.75) is 31.5 Å². The molecule has 1 N–H and O–H groups in total. The molecule has 0 aromatic rings. The lowest BCUT2D eigenvalue weighted by Crippen LogP contribution is -2.42. The van der Waals surface area contributed by atoms with E-state index in [0.29, 0.717) is 13.2 Å². The van der Waals surface area contributed by atoms with Crippen molar-refractivity contribution in [3.63, 3.8) is 0 Å². The van der Waals surface area contributed by atoms with Gasteiger partial charge >= 0.3 is 5.97 Å². The van der Waals surface area contributed by atoms with Crippen LogP contribution >= 0.6 is 0 Å². The van der Waals surface area contributed by atoms with Crippen molar-refractivity contribution in [3.05, 3.63) is 0 Å². The first-order valence-corrected chi connectivity index (χ1v) is 5.06. The van der Waals surface area contributed by atoms with E-state index in [1.165, 1.54) is 14.0 Å². The highest BCUT2D eigenvalue weighted by atomic mass is 16.6. The number of hydrogen-bond acceptors (Lipinski definition) is 5. The Morgan fingerprint density at radius 1 is 1.53 bits per heavy atom. The van der Waals surface area contributed by atoms with E-state index in [4.69, 9.17) is 9.47 Å². The normalized spacial score (nSPS) is 22.1. The number of methoxy groups -OCH3 is 1. The third-order valence-corrected chi connectivity index (χ3v) is 2.39. The molecule has 1 rings (SSSR count). The molecule has 1 unspecified atom stereocenters. The SMILES string of the molecule is COC(=O)C(C)(O)COC1CCOCC1. The average Bonchev–Trinajstić information content (AvgIpc) is 2.27. The topological polar surface area (TPSA) is 65.0 Å². The summed E-state index contributed by atoms with van der Waals surface area (Å²) in [6.07, 6.45) is 1.67.